The average molecular weight is 500 g/mol. The van der Waals surface area contributed by atoms with Gasteiger partial charge in [-0.05, 0) is 35.6 Å². The van der Waals surface area contributed by atoms with Crippen LogP contribution in [0.4, 0.5) is 0 Å². The smallest absolute Gasteiger partial charge is 0.245 e. The fourth-order valence-corrected chi connectivity index (χ4v) is 5.36. The first-order chi connectivity index (χ1) is 16.4. The first kappa shape index (κ1) is 24.3. The lowest BCUT2D eigenvalue weighted by molar-refractivity contribution is -0.125. The van der Waals surface area contributed by atoms with Gasteiger partial charge in [0.1, 0.15) is 17.3 Å². The van der Waals surface area contributed by atoms with Crippen LogP contribution in [0.15, 0.2) is 43.1 Å². The Hall–Kier alpha value is -2.83. The number of carbonyl (C=O) groups excluding carboxylic acids is 1. The van der Waals surface area contributed by atoms with Crippen LogP contribution in [-0.2, 0) is 11.2 Å². The molecular weight excluding hydrogens is 473 g/mol. The van der Waals surface area contributed by atoms with E-state index in [-0.39, 0.29) is 5.91 Å². The lowest BCUT2D eigenvalue weighted by Crippen LogP contribution is -2.27. The minimum Gasteiger partial charge on any atom is -0.495 e. The molecule has 0 spiro atoms. The molecule has 1 amide bonds. The maximum atomic E-state index is 12.1. The van der Waals surface area contributed by atoms with Gasteiger partial charge in [0.05, 0.1) is 29.8 Å². The highest BCUT2D eigenvalue weighted by Crippen LogP contribution is 2.46. The third kappa shape index (κ3) is 4.57. The Balaban J connectivity index is 1.64. The van der Waals surface area contributed by atoms with Crippen LogP contribution in [0, 0.1) is 11.8 Å². The second kappa shape index (κ2) is 10.2. The Morgan fingerprint density at radius 3 is 2.44 bits per heavy atom. The summed E-state index contributed by atoms with van der Waals surface area (Å²) in [5, 5.41) is 1.70. The molecule has 2 heterocycles. The number of benzene rings is 2. The summed E-state index contributed by atoms with van der Waals surface area (Å²) in [6, 6.07) is 7.49. The molecule has 1 saturated heterocycles. The molecule has 0 radical (unpaired) electrons. The predicted octanol–water partition coefficient (Wildman–Crippen LogP) is 5.83. The van der Waals surface area contributed by atoms with E-state index in [1.54, 1.807) is 20.3 Å². The van der Waals surface area contributed by atoms with Gasteiger partial charge in [0.15, 0.2) is 0 Å². The van der Waals surface area contributed by atoms with Crippen molar-refractivity contribution in [3.8, 4) is 22.6 Å². The van der Waals surface area contributed by atoms with Crippen molar-refractivity contribution in [1.82, 2.24) is 14.9 Å². The Bertz CT molecular complexity index is 1220. The van der Waals surface area contributed by atoms with Crippen molar-refractivity contribution in [2.75, 3.05) is 27.3 Å². The van der Waals surface area contributed by atoms with E-state index >= 15 is 0 Å². The molecule has 2 atom stereocenters. The summed E-state index contributed by atoms with van der Waals surface area (Å²) < 4.78 is 10.8. The Kier molecular flexibility index (Phi) is 7.29. The van der Waals surface area contributed by atoms with Gasteiger partial charge in [0, 0.05) is 42.7 Å². The highest BCUT2D eigenvalue weighted by atomic mass is 35.5. The number of likely N-dealkylation sites (tertiary alicyclic amines) is 1. The second-order valence-electron chi connectivity index (χ2n) is 8.42. The molecule has 0 bridgehead atoms. The largest absolute Gasteiger partial charge is 0.495 e. The van der Waals surface area contributed by atoms with E-state index in [9.17, 15) is 4.79 Å². The molecule has 0 saturated carbocycles. The fraction of sp³-hybridized carbons (Fsp3) is 0.346. The monoisotopic (exact) mass is 499 g/mol. The van der Waals surface area contributed by atoms with Gasteiger partial charge in [-0.2, -0.15) is 0 Å². The number of halogens is 2. The third-order valence-electron chi connectivity index (χ3n) is 6.52. The summed E-state index contributed by atoms with van der Waals surface area (Å²) in [4.78, 5) is 23.4. The van der Waals surface area contributed by atoms with E-state index in [1.165, 1.54) is 6.08 Å². The average Bonchev–Trinajstić information content (AvgIpc) is 3.26. The summed E-state index contributed by atoms with van der Waals surface area (Å²) in [6.45, 7) is 7.24. The number of nitrogens with zero attached hydrogens (tertiary/aromatic N) is 3. The Morgan fingerprint density at radius 2 is 1.82 bits per heavy atom. The van der Waals surface area contributed by atoms with Crippen molar-refractivity contribution in [2.45, 2.75) is 19.8 Å². The van der Waals surface area contributed by atoms with Crippen molar-refractivity contribution in [3.63, 3.8) is 0 Å². The molecule has 3 aromatic rings. The van der Waals surface area contributed by atoms with Gasteiger partial charge in [-0.3, -0.25) is 4.79 Å². The van der Waals surface area contributed by atoms with Crippen LogP contribution < -0.4 is 9.47 Å². The van der Waals surface area contributed by atoms with Gasteiger partial charge in [0.25, 0.3) is 0 Å². The second-order valence-corrected chi connectivity index (χ2v) is 9.18. The number of hydrogen-bond acceptors (Lipinski definition) is 5. The maximum absolute atomic E-state index is 12.1. The zero-order valence-corrected chi connectivity index (χ0v) is 21.0. The van der Waals surface area contributed by atoms with Crippen LogP contribution in [0.1, 0.15) is 19.2 Å². The lowest BCUT2D eigenvalue weighted by Gasteiger charge is -2.16. The van der Waals surface area contributed by atoms with E-state index in [2.05, 4.69) is 18.5 Å². The lowest BCUT2D eigenvalue weighted by atomic mass is 9.90. The molecule has 1 aromatic heterocycles. The molecule has 0 N–H and O–H groups in total. The Morgan fingerprint density at radius 1 is 1.15 bits per heavy atom. The van der Waals surface area contributed by atoms with Crippen LogP contribution in [-0.4, -0.2) is 48.1 Å². The van der Waals surface area contributed by atoms with Crippen molar-refractivity contribution in [2.24, 2.45) is 11.8 Å². The van der Waals surface area contributed by atoms with Crippen molar-refractivity contribution >= 4 is 40.0 Å². The SMILES string of the molecule is C=CC(=O)N1C[C@H](CC)[C@@H](Cc2ncc3cc(-c4c(Cl)c(OC)cc(OC)c4Cl)ccc3n2)C1. The Labute approximate surface area is 209 Å². The van der Waals surface area contributed by atoms with E-state index in [1.807, 2.05) is 29.3 Å². The quantitative estimate of drug-likeness (QED) is 0.382. The van der Waals surface area contributed by atoms with Gasteiger partial charge in [-0.15, -0.1) is 0 Å². The maximum Gasteiger partial charge on any atom is 0.245 e. The summed E-state index contributed by atoms with van der Waals surface area (Å²) in [5.74, 6) is 2.48. The molecule has 1 fully saturated rings. The molecule has 0 aliphatic carbocycles. The molecule has 4 rings (SSSR count). The number of aromatic nitrogens is 2. The first-order valence-corrected chi connectivity index (χ1v) is 11.9. The summed E-state index contributed by atoms with van der Waals surface area (Å²) in [5.41, 5.74) is 2.28. The summed E-state index contributed by atoms with van der Waals surface area (Å²) in [7, 11) is 3.10. The van der Waals surface area contributed by atoms with Gasteiger partial charge < -0.3 is 14.4 Å². The van der Waals surface area contributed by atoms with Gasteiger partial charge in [0.2, 0.25) is 5.91 Å². The predicted molar refractivity (Wildman–Crippen MR) is 136 cm³/mol. The highest BCUT2D eigenvalue weighted by Gasteiger charge is 2.33. The van der Waals surface area contributed by atoms with Crippen LogP contribution >= 0.6 is 23.2 Å². The van der Waals surface area contributed by atoms with Crippen molar-refractivity contribution in [1.29, 1.82) is 0 Å². The minimum atomic E-state index is -0.0144. The molecule has 8 heteroatoms. The van der Waals surface area contributed by atoms with E-state index < -0.39 is 0 Å². The number of methoxy groups -OCH3 is 2. The highest BCUT2D eigenvalue weighted by molar-refractivity contribution is 6.41. The molecule has 0 unspecified atom stereocenters. The molecule has 1 aliphatic heterocycles. The van der Waals surface area contributed by atoms with Crippen molar-refractivity contribution in [3.05, 3.63) is 59.0 Å². The summed E-state index contributed by atoms with van der Waals surface area (Å²) >= 11 is 13.2. The molecule has 1 aliphatic rings. The fourth-order valence-electron chi connectivity index (χ4n) is 4.64. The minimum absolute atomic E-state index is 0.0144. The number of hydrogen-bond donors (Lipinski definition) is 0. The number of ether oxygens (including phenoxy) is 2. The van der Waals surface area contributed by atoms with Gasteiger partial charge in [-0.25, -0.2) is 9.97 Å². The number of carbonyl (C=O) groups is 1. The molecule has 34 heavy (non-hydrogen) atoms. The van der Waals surface area contributed by atoms with Crippen LogP contribution in [0.25, 0.3) is 22.0 Å². The molecule has 6 nitrogen and oxygen atoms in total. The number of rotatable bonds is 7. The van der Waals surface area contributed by atoms with Crippen LogP contribution in [0.5, 0.6) is 11.5 Å². The van der Waals surface area contributed by atoms with E-state index in [0.717, 1.165) is 41.7 Å². The van der Waals surface area contributed by atoms with Crippen LogP contribution in [0.2, 0.25) is 10.0 Å². The van der Waals surface area contributed by atoms with Gasteiger partial charge >= 0.3 is 0 Å². The van der Waals surface area contributed by atoms with Gasteiger partial charge in [-0.1, -0.05) is 49.2 Å². The number of amides is 1. The molecule has 178 valence electrons. The molecular formula is C26H27Cl2N3O3. The van der Waals surface area contributed by atoms with E-state index in [0.29, 0.717) is 45.5 Å². The van der Waals surface area contributed by atoms with E-state index in [4.69, 9.17) is 37.7 Å². The topological polar surface area (TPSA) is 64.6 Å². The normalized spacial score (nSPS) is 17.7. The van der Waals surface area contributed by atoms with Crippen LogP contribution in [0.3, 0.4) is 0 Å². The first-order valence-electron chi connectivity index (χ1n) is 11.2. The number of fused-ring (bicyclic) bond motifs is 1. The zero-order chi connectivity index (χ0) is 24.4. The zero-order valence-electron chi connectivity index (χ0n) is 19.5. The standard InChI is InChI=1S/C26H27Cl2N3O3/c1-5-15-13-31(23(32)6-2)14-18(15)10-22-29-12-17-9-16(7-8-19(17)30-22)24-25(27)20(33-3)11-21(34-4)26(24)28/h6-9,11-12,15,18H,2,5,10,13-14H2,1,3-4H3/t15-,18-/m0/s1. The summed E-state index contributed by atoms with van der Waals surface area (Å²) in [6.07, 6.45) is 4.94. The molecule has 2 aromatic carbocycles. The third-order valence-corrected chi connectivity index (χ3v) is 7.27. The van der Waals surface area contributed by atoms with Crippen molar-refractivity contribution < 1.29 is 14.3 Å².